The fourth-order valence-electron chi connectivity index (χ4n) is 0.835. The minimum absolute atomic E-state index is 0.446. The van der Waals surface area contributed by atoms with Crippen LogP contribution in [0.5, 0.6) is 0 Å². The maximum Gasteiger partial charge on any atom is 0.254 e. The number of nitrogens with one attached hydrogen (secondary N) is 1. The molecule has 0 aromatic carbocycles. The van der Waals surface area contributed by atoms with Crippen LogP contribution in [0.3, 0.4) is 0 Å². The van der Waals surface area contributed by atoms with Crippen molar-refractivity contribution >= 4 is 11.7 Å². The number of aromatic nitrogens is 1. The first-order valence-corrected chi connectivity index (χ1v) is 4.01. The van der Waals surface area contributed by atoms with Crippen molar-refractivity contribution in [1.82, 2.24) is 4.98 Å². The molecular formula is C9H12N2O2. The second-order valence-electron chi connectivity index (χ2n) is 2.88. The molecule has 1 unspecified atom stereocenters. The molecule has 13 heavy (non-hydrogen) atoms. The predicted octanol–water partition coefficient (Wildman–Crippen LogP) is 0.709. The third-order valence-corrected chi connectivity index (χ3v) is 1.55. The number of hydrogen-bond donors (Lipinski definition) is 2. The third-order valence-electron chi connectivity index (χ3n) is 1.55. The molecule has 0 saturated carbocycles. The van der Waals surface area contributed by atoms with Crippen LogP contribution in [-0.2, 0) is 4.79 Å². The molecule has 70 valence electrons. The lowest BCUT2D eigenvalue weighted by Gasteiger charge is -2.05. The standard InChI is InChI=1S/C9H12N2O2/c1-6-3-4-10-8(5-6)11-9(13)7(2)12/h3-5,7,12H,1-2H3,(H,10,11,13). The van der Waals surface area contributed by atoms with Gasteiger partial charge in [0, 0.05) is 6.20 Å². The van der Waals surface area contributed by atoms with Gasteiger partial charge in [0.15, 0.2) is 0 Å². The second kappa shape index (κ2) is 4.00. The minimum atomic E-state index is -1.01. The first-order chi connectivity index (χ1) is 6.09. The van der Waals surface area contributed by atoms with E-state index in [1.807, 2.05) is 13.0 Å². The number of carbonyl (C=O) groups is 1. The van der Waals surface area contributed by atoms with Gasteiger partial charge in [-0.1, -0.05) is 0 Å². The highest BCUT2D eigenvalue weighted by Gasteiger charge is 2.08. The molecule has 1 aromatic rings. The Kier molecular flexibility index (Phi) is 2.97. The van der Waals surface area contributed by atoms with E-state index in [0.29, 0.717) is 5.82 Å². The van der Waals surface area contributed by atoms with E-state index in [1.165, 1.54) is 6.92 Å². The van der Waals surface area contributed by atoms with Crippen LogP contribution in [0.15, 0.2) is 18.3 Å². The van der Waals surface area contributed by atoms with Gasteiger partial charge >= 0.3 is 0 Å². The van der Waals surface area contributed by atoms with E-state index in [0.717, 1.165) is 5.56 Å². The van der Waals surface area contributed by atoms with Crippen molar-refractivity contribution in [3.05, 3.63) is 23.9 Å². The first kappa shape index (κ1) is 9.67. The van der Waals surface area contributed by atoms with Crippen molar-refractivity contribution < 1.29 is 9.90 Å². The number of anilines is 1. The van der Waals surface area contributed by atoms with Gasteiger partial charge in [-0.3, -0.25) is 4.79 Å². The molecular weight excluding hydrogens is 168 g/mol. The summed E-state index contributed by atoms with van der Waals surface area (Å²) >= 11 is 0. The lowest BCUT2D eigenvalue weighted by Crippen LogP contribution is -2.24. The number of nitrogens with zero attached hydrogens (tertiary/aromatic N) is 1. The molecule has 4 nitrogen and oxygen atoms in total. The molecule has 0 aliphatic carbocycles. The van der Waals surface area contributed by atoms with Crippen LogP contribution in [0.4, 0.5) is 5.82 Å². The van der Waals surface area contributed by atoms with E-state index in [1.54, 1.807) is 12.3 Å². The highest BCUT2D eigenvalue weighted by molar-refractivity contribution is 5.92. The van der Waals surface area contributed by atoms with Crippen LogP contribution in [0.25, 0.3) is 0 Å². The van der Waals surface area contributed by atoms with E-state index in [-0.39, 0.29) is 0 Å². The molecule has 1 amide bonds. The lowest BCUT2D eigenvalue weighted by molar-refractivity contribution is -0.123. The van der Waals surface area contributed by atoms with Gasteiger partial charge in [0.05, 0.1) is 0 Å². The molecule has 1 heterocycles. The molecule has 4 heteroatoms. The third kappa shape index (κ3) is 2.83. The number of carbonyl (C=O) groups excluding carboxylic acids is 1. The van der Waals surface area contributed by atoms with E-state index in [9.17, 15) is 4.79 Å². The summed E-state index contributed by atoms with van der Waals surface area (Å²) in [7, 11) is 0. The zero-order valence-electron chi connectivity index (χ0n) is 7.61. The lowest BCUT2D eigenvalue weighted by atomic mass is 10.3. The Morgan fingerprint density at radius 2 is 2.38 bits per heavy atom. The van der Waals surface area contributed by atoms with E-state index < -0.39 is 12.0 Å². The van der Waals surface area contributed by atoms with Gasteiger partial charge in [-0.05, 0) is 31.5 Å². The second-order valence-corrected chi connectivity index (χ2v) is 2.88. The Morgan fingerprint density at radius 3 is 2.92 bits per heavy atom. The number of hydrogen-bond acceptors (Lipinski definition) is 3. The van der Waals surface area contributed by atoms with Gasteiger partial charge < -0.3 is 10.4 Å². The number of pyridine rings is 1. The minimum Gasteiger partial charge on any atom is -0.384 e. The van der Waals surface area contributed by atoms with Crippen LogP contribution >= 0.6 is 0 Å². The van der Waals surface area contributed by atoms with Crippen LogP contribution in [-0.4, -0.2) is 22.1 Å². The van der Waals surface area contributed by atoms with Crippen molar-refractivity contribution in [2.45, 2.75) is 20.0 Å². The number of aryl methyl sites for hydroxylation is 1. The van der Waals surface area contributed by atoms with Crippen LogP contribution < -0.4 is 5.32 Å². The molecule has 0 saturated heterocycles. The average Bonchev–Trinajstić information content (AvgIpc) is 2.04. The molecule has 0 bridgehead atoms. The summed E-state index contributed by atoms with van der Waals surface area (Å²) < 4.78 is 0. The van der Waals surface area contributed by atoms with Gasteiger partial charge in [-0.15, -0.1) is 0 Å². The van der Waals surface area contributed by atoms with Crippen molar-refractivity contribution in [1.29, 1.82) is 0 Å². The van der Waals surface area contributed by atoms with Crippen molar-refractivity contribution in [3.8, 4) is 0 Å². The van der Waals surface area contributed by atoms with Gasteiger partial charge in [0.25, 0.3) is 5.91 Å². The Labute approximate surface area is 76.6 Å². The fraction of sp³-hybridized carbons (Fsp3) is 0.333. The maximum atomic E-state index is 11.0. The normalized spacial score (nSPS) is 12.2. The number of aliphatic hydroxyl groups is 1. The zero-order valence-corrected chi connectivity index (χ0v) is 7.61. The van der Waals surface area contributed by atoms with Gasteiger partial charge in [-0.2, -0.15) is 0 Å². The molecule has 2 N–H and O–H groups in total. The van der Waals surface area contributed by atoms with E-state index >= 15 is 0 Å². The molecule has 0 aliphatic heterocycles. The molecule has 0 fully saturated rings. The number of aliphatic hydroxyl groups excluding tert-OH is 1. The van der Waals surface area contributed by atoms with Gasteiger partial charge in [0.1, 0.15) is 11.9 Å². The quantitative estimate of drug-likeness (QED) is 0.704. The molecule has 1 rings (SSSR count). The summed E-state index contributed by atoms with van der Waals surface area (Å²) in [6, 6.07) is 3.57. The van der Waals surface area contributed by atoms with Crippen molar-refractivity contribution in [2.24, 2.45) is 0 Å². The van der Waals surface area contributed by atoms with Gasteiger partial charge in [-0.25, -0.2) is 4.98 Å². The fourth-order valence-corrected chi connectivity index (χ4v) is 0.835. The summed E-state index contributed by atoms with van der Waals surface area (Å²) in [5.74, 6) is 0.0176. The van der Waals surface area contributed by atoms with Crippen LogP contribution in [0, 0.1) is 6.92 Å². The first-order valence-electron chi connectivity index (χ1n) is 4.01. The van der Waals surface area contributed by atoms with Crippen molar-refractivity contribution in [2.75, 3.05) is 5.32 Å². The Balaban J connectivity index is 2.69. The SMILES string of the molecule is Cc1ccnc(NC(=O)C(C)O)c1. The number of rotatable bonds is 2. The highest BCUT2D eigenvalue weighted by Crippen LogP contribution is 2.05. The Morgan fingerprint density at radius 1 is 1.69 bits per heavy atom. The predicted molar refractivity (Wildman–Crippen MR) is 49.3 cm³/mol. The smallest absolute Gasteiger partial charge is 0.254 e. The summed E-state index contributed by atoms with van der Waals surface area (Å²) in [5, 5.41) is 11.4. The summed E-state index contributed by atoms with van der Waals surface area (Å²) in [5.41, 5.74) is 1.01. The molecule has 1 atom stereocenters. The highest BCUT2D eigenvalue weighted by atomic mass is 16.3. The topological polar surface area (TPSA) is 62.2 Å². The van der Waals surface area contributed by atoms with E-state index in [4.69, 9.17) is 5.11 Å². The zero-order chi connectivity index (χ0) is 9.84. The Hall–Kier alpha value is -1.42. The van der Waals surface area contributed by atoms with Crippen LogP contribution in [0.2, 0.25) is 0 Å². The Bertz CT molecular complexity index is 310. The summed E-state index contributed by atoms with van der Waals surface area (Å²) in [6.45, 7) is 3.31. The average molecular weight is 180 g/mol. The molecule has 0 radical (unpaired) electrons. The van der Waals surface area contributed by atoms with Crippen LogP contribution in [0.1, 0.15) is 12.5 Å². The molecule has 0 spiro atoms. The monoisotopic (exact) mass is 180 g/mol. The van der Waals surface area contributed by atoms with E-state index in [2.05, 4.69) is 10.3 Å². The maximum absolute atomic E-state index is 11.0. The summed E-state index contributed by atoms with van der Waals surface area (Å²) in [4.78, 5) is 14.9. The number of amides is 1. The largest absolute Gasteiger partial charge is 0.384 e. The van der Waals surface area contributed by atoms with Gasteiger partial charge in [0.2, 0.25) is 0 Å². The van der Waals surface area contributed by atoms with Crippen molar-refractivity contribution in [3.63, 3.8) is 0 Å². The summed E-state index contributed by atoms with van der Waals surface area (Å²) in [6.07, 6.45) is 0.592. The molecule has 0 aliphatic rings. The molecule has 1 aromatic heterocycles.